The molecule has 0 amide bonds. The van der Waals surface area contributed by atoms with Crippen molar-refractivity contribution < 1.29 is 0 Å². The summed E-state index contributed by atoms with van der Waals surface area (Å²) in [5, 5.41) is 2.27. The van der Waals surface area contributed by atoms with Crippen molar-refractivity contribution in [2.24, 2.45) is 5.73 Å². The van der Waals surface area contributed by atoms with Crippen molar-refractivity contribution in [2.45, 2.75) is 30.6 Å². The second-order valence-corrected chi connectivity index (χ2v) is 5.16. The minimum Gasteiger partial charge on any atom is -0.358 e. The number of halogens is 1. The molecule has 3 heteroatoms. The third-order valence-electron chi connectivity index (χ3n) is 3.44. The van der Waals surface area contributed by atoms with Crippen LogP contribution in [0.1, 0.15) is 23.2 Å². The molecule has 0 fully saturated rings. The molecule has 0 saturated carbocycles. The molecule has 3 N–H and O–H groups in total. The first-order chi connectivity index (χ1) is 7.78. The highest BCUT2D eigenvalue weighted by molar-refractivity contribution is 9.08. The van der Waals surface area contributed by atoms with Crippen LogP contribution in [0.5, 0.6) is 0 Å². The molecule has 3 rings (SSSR count). The van der Waals surface area contributed by atoms with E-state index in [1.165, 1.54) is 27.7 Å². The highest BCUT2D eigenvalue weighted by Gasteiger charge is 2.19. The maximum atomic E-state index is 6.05. The molecule has 16 heavy (non-hydrogen) atoms. The number of H-pyrrole nitrogens is 1. The number of fused-ring (bicyclic) bond motifs is 3. The fourth-order valence-electron chi connectivity index (χ4n) is 2.57. The topological polar surface area (TPSA) is 41.8 Å². The molecule has 0 spiro atoms. The Morgan fingerprint density at radius 1 is 1.44 bits per heavy atom. The van der Waals surface area contributed by atoms with Gasteiger partial charge < -0.3 is 10.7 Å². The summed E-state index contributed by atoms with van der Waals surface area (Å²) in [4.78, 5) is 3.52. The summed E-state index contributed by atoms with van der Waals surface area (Å²) in [6.07, 6.45) is 3.21. The van der Waals surface area contributed by atoms with Crippen LogP contribution in [0.3, 0.4) is 0 Å². The van der Waals surface area contributed by atoms with Crippen LogP contribution in [0.15, 0.2) is 18.2 Å². The number of nitrogens with one attached hydrogen (secondary N) is 1. The van der Waals surface area contributed by atoms with Gasteiger partial charge in [-0.05, 0) is 42.5 Å². The van der Waals surface area contributed by atoms with Gasteiger partial charge in [0, 0.05) is 28.0 Å². The largest absolute Gasteiger partial charge is 0.358 e. The van der Waals surface area contributed by atoms with E-state index in [9.17, 15) is 0 Å². The van der Waals surface area contributed by atoms with E-state index in [1.54, 1.807) is 0 Å². The lowest BCUT2D eigenvalue weighted by molar-refractivity contribution is 0.574. The lowest BCUT2D eigenvalue weighted by Crippen LogP contribution is -2.27. The second kappa shape index (κ2) is 3.90. The van der Waals surface area contributed by atoms with Crippen LogP contribution in [0.2, 0.25) is 0 Å². The Bertz CT molecular complexity index is 530. The fraction of sp³-hybridized carbons (Fsp3) is 0.385. The van der Waals surface area contributed by atoms with Gasteiger partial charge in [-0.3, -0.25) is 0 Å². The quantitative estimate of drug-likeness (QED) is 0.774. The standard InChI is InChI=1S/C13H15BrN2/c14-7-8-1-3-12-10(5-8)11-6-9(15)2-4-13(11)16-12/h1,3,5,9,16H,2,4,6-7,15H2. The molecule has 0 saturated heterocycles. The van der Waals surface area contributed by atoms with Gasteiger partial charge in [-0.1, -0.05) is 22.0 Å². The highest BCUT2D eigenvalue weighted by atomic mass is 79.9. The molecule has 1 aliphatic carbocycles. The zero-order valence-corrected chi connectivity index (χ0v) is 10.7. The number of rotatable bonds is 1. The lowest BCUT2D eigenvalue weighted by Gasteiger charge is -2.18. The van der Waals surface area contributed by atoms with Crippen LogP contribution in [-0.2, 0) is 18.2 Å². The fourth-order valence-corrected chi connectivity index (χ4v) is 2.92. The predicted octanol–water partition coefficient (Wildman–Crippen LogP) is 2.88. The predicted molar refractivity (Wildman–Crippen MR) is 70.9 cm³/mol. The first-order valence-corrected chi connectivity index (χ1v) is 6.84. The van der Waals surface area contributed by atoms with Gasteiger partial charge in [0.05, 0.1) is 0 Å². The molecule has 2 nitrogen and oxygen atoms in total. The van der Waals surface area contributed by atoms with Crippen molar-refractivity contribution in [3.63, 3.8) is 0 Å². The van der Waals surface area contributed by atoms with Crippen LogP contribution in [0.25, 0.3) is 10.9 Å². The zero-order chi connectivity index (χ0) is 11.1. The number of hydrogen-bond acceptors (Lipinski definition) is 1. The van der Waals surface area contributed by atoms with Crippen LogP contribution >= 0.6 is 15.9 Å². The molecule has 0 bridgehead atoms. The zero-order valence-electron chi connectivity index (χ0n) is 9.09. The van der Waals surface area contributed by atoms with Gasteiger partial charge in [0.15, 0.2) is 0 Å². The van der Waals surface area contributed by atoms with Crippen LogP contribution in [0, 0.1) is 0 Å². The lowest BCUT2D eigenvalue weighted by atomic mass is 9.92. The maximum Gasteiger partial charge on any atom is 0.0459 e. The molecule has 1 aromatic heterocycles. The summed E-state index contributed by atoms with van der Waals surface area (Å²) < 4.78 is 0. The number of alkyl halides is 1. The Balaban J connectivity index is 2.20. The van der Waals surface area contributed by atoms with Crippen LogP contribution in [0.4, 0.5) is 0 Å². The summed E-state index contributed by atoms with van der Waals surface area (Å²) in [7, 11) is 0. The summed E-state index contributed by atoms with van der Waals surface area (Å²) in [5.74, 6) is 0. The Morgan fingerprint density at radius 3 is 3.12 bits per heavy atom. The molecule has 1 atom stereocenters. The van der Waals surface area contributed by atoms with Crippen molar-refractivity contribution in [1.82, 2.24) is 4.98 Å². The molecule has 0 radical (unpaired) electrons. The average molecular weight is 279 g/mol. The molecule has 2 aromatic rings. The van der Waals surface area contributed by atoms with Crippen molar-refractivity contribution in [3.05, 3.63) is 35.0 Å². The van der Waals surface area contributed by atoms with Gasteiger partial charge in [-0.25, -0.2) is 0 Å². The summed E-state index contributed by atoms with van der Waals surface area (Å²) in [6.45, 7) is 0. The minimum atomic E-state index is 0.333. The molecule has 1 heterocycles. The minimum absolute atomic E-state index is 0.333. The highest BCUT2D eigenvalue weighted by Crippen LogP contribution is 2.29. The summed E-state index contributed by atoms with van der Waals surface area (Å²) >= 11 is 3.50. The summed E-state index contributed by atoms with van der Waals surface area (Å²) in [6, 6.07) is 6.95. The van der Waals surface area contributed by atoms with E-state index in [4.69, 9.17) is 5.73 Å². The van der Waals surface area contributed by atoms with Gasteiger partial charge >= 0.3 is 0 Å². The van der Waals surface area contributed by atoms with E-state index in [0.29, 0.717) is 6.04 Å². The molecule has 1 aliphatic rings. The number of nitrogens with two attached hydrogens (primary N) is 1. The maximum absolute atomic E-state index is 6.05. The first kappa shape index (κ1) is 10.4. The van der Waals surface area contributed by atoms with Gasteiger partial charge in [0.25, 0.3) is 0 Å². The Labute approximate surface area is 103 Å². The average Bonchev–Trinajstić information content (AvgIpc) is 2.66. The Hall–Kier alpha value is -0.800. The molecule has 1 aromatic carbocycles. The van der Waals surface area contributed by atoms with E-state index < -0.39 is 0 Å². The van der Waals surface area contributed by atoms with E-state index in [1.807, 2.05) is 0 Å². The van der Waals surface area contributed by atoms with E-state index in [0.717, 1.165) is 24.6 Å². The molecular weight excluding hydrogens is 264 g/mol. The number of aromatic nitrogens is 1. The van der Waals surface area contributed by atoms with Crippen molar-refractivity contribution in [3.8, 4) is 0 Å². The van der Waals surface area contributed by atoms with Gasteiger partial charge in [0.2, 0.25) is 0 Å². The molecule has 0 aliphatic heterocycles. The van der Waals surface area contributed by atoms with E-state index in [-0.39, 0.29) is 0 Å². The number of hydrogen-bond donors (Lipinski definition) is 2. The van der Waals surface area contributed by atoms with Crippen LogP contribution < -0.4 is 5.73 Å². The molecular formula is C13H15BrN2. The molecule has 1 unspecified atom stereocenters. The monoisotopic (exact) mass is 278 g/mol. The van der Waals surface area contributed by atoms with Crippen molar-refractivity contribution in [1.29, 1.82) is 0 Å². The second-order valence-electron chi connectivity index (χ2n) is 4.60. The van der Waals surface area contributed by atoms with Gasteiger partial charge in [-0.15, -0.1) is 0 Å². The summed E-state index contributed by atoms with van der Waals surface area (Å²) in [5.41, 5.74) is 11.5. The van der Waals surface area contributed by atoms with Crippen molar-refractivity contribution >= 4 is 26.8 Å². The number of aryl methyl sites for hydroxylation is 1. The van der Waals surface area contributed by atoms with E-state index >= 15 is 0 Å². The van der Waals surface area contributed by atoms with E-state index in [2.05, 4.69) is 39.1 Å². The van der Waals surface area contributed by atoms with Gasteiger partial charge in [0.1, 0.15) is 0 Å². The number of aromatic amines is 1. The van der Waals surface area contributed by atoms with Crippen LogP contribution in [-0.4, -0.2) is 11.0 Å². The van der Waals surface area contributed by atoms with Crippen molar-refractivity contribution in [2.75, 3.05) is 0 Å². The normalized spacial score (nSPS) is 20.0. The number of benzene rings is 1. The Morgan fingerprint density at radius 2 is 2.31 bits per heavy atom. The third kappa shape index (κ3) is 1.59. The SMILES string of the molecule is NC1CCc2[nH]c3ccc(CBr)cc3c2C1. The Kier molecular flexibility index (Phi) is 2.52. The molecule has 84 valence electrons. The first-order valence-electron chi connectivity index (χ1n) is 5.72. The smallest absolute Gasteiger partial charge is 0.0459 e. The van der Waals surface area contributed by atoms with Gasteiger partial charge in [-0.2, -0.15) is 0 Å². The third-order valence-corrected chi connectivity index (χ3v) is 4.09.